The van der Waals surface area contributed by atoms with Gasteiger partial charge in [0.1, 0.15) is 17.3 Å². The summed E-state index contributed by atoms with van der Waals surface area (Å²) in [5.41, 5.74) is 3.71. The molecule has 0 amide bonds. The standard InChI is InChI=1S/C18H25NO2/c1-6-9-19-18(17-11-13(3)21-14(17)4)16-8-7-15(20-5)10-12(16)2/h7-8,10-11,18-19H,6,9H2,1-5H3. The second-order valence-electron chi connectivity index (χ2n) is 5.48. The lowest BCUT2D eigenvalue weighted by atomic mass is 9.94. The van der Waals surface area contributed by atoms with Crippen LogP contribution in [-0.4, -0.2) is 13.7 Å². The van der Waals surface area contributed by atoms with Gasteiger partial charge in [0.05, 0.1) is 13.2 Å². The van der Waals surface area contributed by atoms with Crippen LogP contribution < -0.4 is 10.1 Å². The Morgan fingerprint density at radius 1 is 1.14 bits per heavy atom. The van der Waals surface area contributed by atoms with Crippen molar-refractivity contribution in [1.29, 1.82) is 0 Å². The first-order valence-electron chi connectivity index (χ1n) is 7.51. The fourth-order valence-electron chi connectivity index (χ4n) is 2.71. The van der Waals surface area contributed by atoms with Crippen LogP contribution in [0.5, 0.6) is 5.75 Å². The van der Waals surface area contributed by atoms with E-state index in [1.165, 1.54) is 16.7 Å². The number of rotatable bonds is 6. The van der Waals surface area contributed by atoms with Crippen molar-refractivity contribution >= 4 is 0 Å². The number of hydrogen-bond acceptors (Lipinski definition) is 3. The van der Waals surface area contributed by atoms with E-state index >= 15 is 0 Å². The van der Waals surface area contributed by atoms with Crippen molar-refractivity contribution in [3.8, 4) is 5.75 Å². The average Bonchev–Trinajstić information content (AvgIpc) is 2.79. The molecule has 2 aromatic rings. The molecule has 0 aliphatic heterocycles. The molecule has 1 aromatic carbocycles. The fourth-order valence-corrected chi connectivity index (χ4v) is 2.71. The molecule has 0 bridgehead atoms. The SMILES string of the molecule is CCCNC(c1ccc(OC)cc1C)c1cc(C)oc1C. The number of furan rings is 1. The fraction of sp³-hybridized carbons (Fsp3) is 0.444. The van der Waals surface area contributed by atoms with Gasteiger partial charge in [0, 0.05) is 5.56 Å². The Balaban J connectivity index is 2.42. The first-order chi connectivity index (χ1) is 10.1. The van der Waals surface area contributed by atoms with Gasteiger partial charge in [-0.15, -0.1) is 0 Å². The van der Waals surface area contributed by atoms with Crippen molar-refractivity contribution in [2.24, 2.45) is 0 Å². The summed E-state index contributed by atoms with van der Waals surface area (Å²) in [6.07, 6.45) is 1.10. The summed E-state index contributed by atoms with van der Waals surface area (Å²) < 4.78 is 11.0. The van der Waals surface area contributed by atoms with E-state index in [-0.39, 0.29) is 6.04 Å². The summed E-state index contributed by atoms with van der Waals surface area (Å²) in [5.74, 6) is 2.83. The summed E-state index contributed by atoms with van der Waals surface area (Å²) in [6.45, 7) is 9.30. The lowest BCUT2D eigenvalue weighted by molar-refractivity contribution is 0.414. The highest BCUT2D eigenvalue weighted by Gasteiger charge is 2.20. The molecule has 1 unspecified atom stereocenters. The van der Waals surface area contributed by atoms with Gasteiger partial charge in [-0.1, -0.05) is 13.0 Å². The maximum atomic E-state index is 5.72. The molecule has 2 rings (SSSR count). The summed E-state index contributed by atoms with van der Waals surface area (Å²) in [4.78, 5) is 0. The van der Waals surface area contributed by atoms with Gasteiger partial charge >= 0.3 is 0 Å². The highest BCUT2D eigenvalue weighted by atomic mass is 16.5. The molecule has 114 valence electrons. The molecule has 1 atom stereocenters. The molecule has 1 N–H and O–H groups in total. The van der Waals surface area contributed by atoms with Gasteiger partial charge in [-0.2, -0.15) is 0 Å². The number of aryl methyl sites for hydroxylation is 3. The van der Waals surface area contributed by atoms with Crippen LogP contribution in [0.1, 0.15) is 47.6 Å². The monoisotopic (exact) mass is 287 g/mol. The van der Waals surface area contributed by atoms with Crippen LogP contribution in [-0.2, 0) is 0 Å². The Hall–Kier alpha value is -1.74. The topological polar surface area (TPSA) is 34.4 Å². The lowest BCUT2D eigenvalue weighted by Crippen LogP contribution is -2.24. The summed E-state index contributed by atoms with van der Waals surface area (Å²) in [5, 5.41) is 3.63. The molecule has 0 spiro atoms. The molecule has 0 saturated carbocycles. The predicted molar refractivity (Wildman–Crippen MR) is 86.0 cm³/mol. The van der Waals surface area contributed by atoms with Gasteiger partial charge in [0.15, 0.2) is 0 Å². The van der Waals surface area contributed by atoms with Gasteiger partial charge < -0.3 is 14.5 Å². The third-order valence-corrected chi connectivity index (χ3v) is 3.78. The van der Waals surface area contributed by atoms with Crippen molar-refractivity contribution in [2.75, 3.05) is 13.7 Å². The Kier molecular flexibility index (Phi) is 5.07. The van der Waals surface area contributed by atoms with Crippen LogP contribution >= 0.6 is 0 Å². The molecule has 3 nitrogen and oxygen atoms in total. The molecule has 1 heterocycles. The zero-order valence-electron chi connectivity index (χ0n) is 13.6. The molecule has 0 aliphatic rings. The van der Waals surface area contributed by atoms with E-state index < -0.39 is 0 Å². The third-order valence-electron chi connectivity index (χ3n) is 3.78. The van der Waals surface area contributed by atoms with Crippen molar-refractivity contribution < 1.29 is 9.15 Å². The molecule has 0 aliphatic carbocycles. The first-order valence-corrected chi connectivity index (χ1v) is 7.51. The number of nitrogens with one attached hydrogen (secondary N) is 1. The van der Waals surface area contributed by atoms with E-state index in [1.807, 2.05) is 19.9 Å². The van der Waals surface area contributed by atoms with Crippen molar-refractivity contribution in [3.63, 3.8) is 0 Å². The summed E-state index contributed by atoms with van der Waals surface area (Å²) >= 11 is 0. The highest BCUT2D eigenvalue weighted by Crippen LogP contribution is 2.31. The molecule has 0 radical (unpaired) electrons. The van der Waals surface area contributed by atoms with Crippen molar-refractivity contribution in [3.05, 3.63) is 52.5 Å². The summed E-state index contributed by atoms with van der Waals surface area (Å²) in [7, 11) is 1.70. The smallest absolute Gasteiger partial charge is 0.119 e. The van der Waals surface area contributed by atoms with Crippen LogP contribution in [0.3, 0.4) is 0 Å². The quantitative estimate of drug-likeness (QED) is 0.860. The number of methoxy groups -OCH3 is 1. The molecule has 3 heteroatoms. The molecule has 0 saturated heterocycles. The zero-order chi connectivity index (χ0) is 15.4. The minimum atomic E-state index is 0.160. The van der Waals surface area contributed by atoms with Crippen LogP contribution in [0.15, 0.2) is 28.7 Å². The second kappa shape index (κ2) is 6.81. The molecule has 0 fully saturated rings. The normalized spacial score (nSPS) is 12.4. The van der Waals surface area contributed by atoms with Crippen LogP contribution in [0.2, 0.25) is 0 Å². The van der Waals surface area contributed by atoms with Crippen LogP contribution in [0, 0.1) is 20.8 Å². The van der Waals surface area contributed by atoms with Gasteiger partial charge in [0.2, 0.25) is 0 Å². The largest absolute Gasteiger partial charge is 0.497 e. The number of benzene rings is 1. The first kappa shape index (κ1) is 15.6. The number of hydrogen-bond donors (Lipinski definition) is 1. The van der Waals surface area contributed by atoms with E-state index in [9.17, 15) is 0 Å². The minimum Gasteiger partial charge on any atom is -0.497 e. The van der Waals surface area contributed by atoms with Gasteiger partial charge in [-0.3, -0.25) is 0 Å². The van der Waals surface area contributed by atoms with Gasteiger partial charge in [-0.05, 0) is 63.1 Å². The second-order valence-corrected chi connectivity index (χ2v) is 5.48. The van der Waals surface area contributed by atoms with E-state index in [1.54, 1.807) is 7.11 Å². The van der Waals surface area contributed by atoms with Crippen molar-refractivity contribution in [2.45, 2.75) is 40.2 Å². The molecule has 1 aromatic heterocycles. The Bertz CT molecular complexity index is 601. The third kappa shape index (κ3) is 3.48. The van der Waals surface area contributed by atoms with Crippen LogP contribution in [0.4, 0.5) is 0 Å². The van der Waals surface area contributed by atoms with E-state index in [4.69, 9.17) is 9.15 Å². The lowest BCUT2D eigenvalue weighted by Gasteiger charge is -2.21. The zero-order valence-corrected chi connectivity index (χ0v) is 13.6. The predicted octanol–water partition coefficient (Wildman–Crippen LogP) is 4.30. The van der Waals surface area contributed by atoms with E-state index in [0.717, 1.165) is 30.2 Å². The van der Waals surface area contributed by atoms with Gasteiger partial charge in [0.25, 0.3) is 0 Å². The number of ether oxygens (including phenoxy) is 1. The maximum absolute atomic E-state index is 5.72. The Morgan fingerprint density at radius 2 is 1.90 bits per heavy atom. The maximum Gasteiger partial charge on any atom is 0.119 e. The molecular formula is C18H25NO2. The minimum absolute atomic E-state index is 0.160. The van der Waals surface area contributed by atoms with Gasteiger partial charge in [-0.25, -0.2) is 0 Å². The van der Waals surface area contributed by atoms with Crippen LogP contribution in [0.25, 0.3) is 0 Å². The average molecular weight is 287 g/mol. The van der Waals surface area contributed by atoms with E-state index in [0.29, 0.717) is 0 Å². The molecular weight excluding hydrogens is 262 g/mol. The summed E-state index contributed by atoms with van der Waals surface area (Å²) in [6, 6.07) is 8.53. The highest BCUT2D eigenvalue weighted by molar-refractivity contribution is 5.42. The van der Waals surface area contributed by atoms with E-state index in [2.05, 4.69) is 37.4 Å². The Labute approximate surface area is 127 Å². The molecule has 21 heavy (non-hydrogen) atoms. The Morgan fingerprint density at radius 3 is 2.43 bits per heavy atom. The van der Waals surface area contributed by atoms with Crippen molar-refractivity contribution in [1.82, 2.24) is 5.32 Å².